The van der Waals surface area contributed by atoms with E-state index in [1.165, 1.54) is 11.4 Å². The van der Waals surface area contributed by atoms with Gasteiger partial charge in [0.25, 0.3) is 11.8 Å². The van der Waals surface area contributed by atoms with Crippen LogP contribution in [0.3, 0.4) is 0 Å². The van der Waals surface area contributed by atoms with Crippen LogP contribution in [0.5, 0.6) is 5.75 Å². The van der Waals surface area contributed by atoms with E-state index >= 15 is 0 Å². The molecule has 2 heterocycles. The van der Waals surface area contributed by atoms with Crippen LogP contribution in [0.2, 0.25) is 0 Å². The summed E-state index contributed by atoms with van der Waals surface area (Å²) < 4.78 is 5.41. The van der Waals surface area contributed by atoms with Crippen LogP contribution in [-0.2, 0) is 20.8 Å². The number of carboxylic acid groups (broad SMARTS) is 1. The van der Waals surface area contributed by atoms with Crippen LogP contribution < -0.4 is 26.8 Å². The summed E-state index contributed by atoms with van der Waals surface area (Å²) in [6, 6.07) is 4.47. The molecule has 1 aliphatic rings. The molecule has 0 aliphatic carbocycles. The van der Waals surface area contributed by atoms with Crippen LogP contribution in [-0.4, -0.2) is 70.9 Å². The third-order valence-electron chi connectivity index (χ3n) is 5.50. The van der Waals surface area contributed by atoms with E-state index in [9.17, 15) is 24.5 Å². The minimum Gasteiger partial charge on any atom is -0.534 e. The van der Waals surface area contributed by atoms with Gasteiger partial charge in [0.2, 0.25) is 0 Å². The average molecular weight is 532 g/mol. The van der Waals surface area contributed by atoms with E-state index in [1.54, 1.807) is 12.1 Å². The Kier molecular flexibility index (Phi) is 9.82. The number of unbranched alkanes of at least 4 members (excludes halogenated alkanes) is 1. The molecule has 37 heavy (non-hydrogen) atoms. The highest BCUT2D eigenvalue weighted by Gasteiger charge is 2.38. The molecule has 3 rings (SSSR count). The summed E-state index contributed by atoms with van der Waals surface area (Å²) in [5.41, 5.74) is 11.4. The lowest BCUT2D eigenvalue weighted by Crippen LogP contribution is -2.54. The Morgan fingerprint density at radius 1 is 1.38 bits per heavy atom. The molecular formula is C22H29BN6O7S. The minimum absolute atomic E-state index is 0.0424. The maximum absolute atomic E-state index is 13.1. The highest BCUT2D eigenvalue weighted by atomic mass is 32.1. The number of carbonyl (C=O) groups is 3. The fourth-order valence-electron chi connectivity index (χ4n) is 3.69. The third-order valence-corrected chi connectivity index (χ3v) is 6.17. The predicted molar refractivity (Wildman–Crippen MR) is 137 cm³/mol. The van der Waals surface area contributed by atoms with Crippen molar-refractivity contribution in [3.05, 3.63) is 40.4 Å². The van der Waals surface area contributed by atoms with Crippen LogP contribution in [0.4, 0.5) is 5.13 Å². The number of nitrogens with zero attached hydrogens (tertiary/aromatic N) is 2. The number of anilines is 1. The molecule has 2 amide bonds. The number of nitrogens with one attached hydrogen (secondary N) is 2. The monoisotopic (exact) mass is 532 g/mol. The van der Waals surface area contributed by atoms with Gasteiger partial charge < -0.3 is 41.7 Å². The first-order chi connectivity index (χ1) is 17.7. The number of aromatic nitrogens is 1. The first-order valence-electron chi connectivity index (χ1n) is 11.6. The summed E-state index contributed by atoms with van der Waals surface area (Å²) in [5, 5.41) is 30.7. The Hall–Kier alpha value is -3.69. The molecule has 1 aromatic carbocycles. The van der Waals surface area contributed by atoms with Gasteiger partial charge in [0.05, 0.1) is 11.5 Å². The number of benzene rings is 1. The molecule has 0 saturated carbocycles. The number of hydrogen-bond donors (Lipinski definition) is 6. The second-order valence-electron chi connectivity index (χ2n) is 8.43. The molecule has 1 aliphatic heterocycles. The van der Waals surface area contributed by atoms with Gasteiger partial charge in [-0.25, -0.2) is 9.78 Å². The quantitative estimate of drug-likeness (QED) is 0.0926. The second kappa shape index (κ2) is 13.0. The lowest BCUT2D eigenvalue weighted by atomic mass is 9.72. The van der Waals surface area contributed by atoms with E-state index in [-0.39, 0.29) is 40.3 Å². The number of rotatable bonds is 12. The van der Waals surface area contributed by atoms with Crippen molar-refractivity contribution in [1.29, 1.82) is 0 Å². The fourth-order valence-corrected chi connectivity index (χ4v) is 4.24. The Labute approximate surface area is 217 Å². The minimum atomic E-state index is -1.52. The molecule has 8 N–H and O–H groups in total. The number of nitrogen functional groups attached to an aromatic ring is 1. The number of nitrogens with two attached hydrogens (primary N) is 2. The number of aromatic carboxylic acids is 1. The van der Waals surface area contributed by atoms with Crippen LogP contribution >= 0.6 is 11.3 Å². The van der Waals surface area contributed by atoms with Gasteiger partial charge >= 0.3 is 13.1 Å². The Balaban J connectivity index is 1.67. The summed E-state index contributed by atoms with van der Waals surface area (Å²) in [6.45, 7) is 2.02. The molecule has 0 saturated heterocycles. The van der Waals surface area contributed by atoms with Gasteiger partial charge in [0.1, 0.15) is 11.4 Å². The number of para-hydroxylation sites is 1. The van der Waals surface area contributed by atoms with E-state index < -0.39 is 37.5 Å². The average Bonchev–Trinajstić information content (AvgIpc) is 3.27. The summed E-state index contributed by atoms with van der Waals surface area (Å²) >= 11 is 1.08. The first kappa shape index (κ1) is 27.9. The van der Waals surface area contributed by atoms with Gasteiger partial charge in [-0.2, -0.15) is 0 Å². The molecule has 0 radical (unpaired) electrons. The molecular weight excluding hydrogens is 503 g/mol. The van der Waals surface area contributed by atoms with Crippen LogP contribution in [0.15, 0.2) is 28.7 Å². The zero-order chi connectivity index (χ0) is 26.9. The summed E-state index contributed by atoms with van der Waals surface area (Å²) in [4.78, 5) is 45.9. The van der Waals surface area contributed by atoms with Crippen LogP contribution in [0.25, 0.3) is 0 Å². The molecule has 0 spiro atoms. The Bertz CT molecular complexity index is 1160. The van der Waals surface area contributed by atoms with E-state index in [0.29, 0.717) is 12.1 Å². The molecule has 0 fully saturated rings. The van der Waals surface area contributed by atoms with Crippen molar-refractivity contribution in [2.24, 2.45) is 10.9 Å². The molecule has 0 bridgehead atoms. The van der Waals surface area contributed by atoms with Crippen LogP contribution in [0.1, 0.15) is 47.8 Å². The van der Waals surface area contributed by atoms with Crippen LogP contribution in [0, 0.1) is 0 Å². The van der Waals surface area contributed by atoms with Crippen molar-refractivity contribution in [3.63, 3.8) is 0 Å². The lowest BCUT2D eigenvalue weighted by molar-refractivity contribution is -0.126. The van der Waals surface area contributed by atoms with Crippen molar-refractivity contribution < 1.29 is 34.0 Å². The molecule has 13 nitrogen and oxygen atoms in total. The number of carboxylic acids is 1. The number of hydrogen-bond acceptors (Lipinski definition) is 11. The molecule has 15 heteroatoms. The second-order valence-corrected chi connectivity index (χ2v) is 9.32. The number of carbonyl (C=O) groups excluding carboxylic acids is 2. The topological polar surface area (TPSA) is 211 Å². The fraction of sp³-hybridized carbons (Fsp3) is 0.409. The first-order valence-corrected chi connectivity index (χ1v) is 12.5. The van der Waals surface area contributed by atoms with Gasteiger partial charge in [0, 0.05) is 11.4 Å². The maximum Gasteiger partial charge on any atom is 0.547 e. The Morgan fingerprint density at radius 3 is 2.84 bits per heavy atom. The third kappa shape index (κ3) is 7.65. The molecule has 198 valence electrons. The van der Waals surface area contributed by atoms with Crippen molar-refractivity contribution in [2.75, 3.05) is 18.9 Å². The number of fused-ring (bicyclic) bond motifs is 1. The van der Waals surface area contributed by atoms with E-state index in [4.69, 9.17) is 21.0 Å². The number of amides is 2. The molecule has 0 unspecified atom stereocenters. The van der Waals surface area contributed by atoms with E-state index in [1.807, 2.05) is 6.92 Å². The van der Waals surface area contributed by atoms with Gasteiger partial charge in [-0.1, -0.05) is 23.7 Å². The normalized spacial score (nSPS) is 15.8. The lowest BCUT2D eigenvalue weighted by Gasteiger charge is -2.28. The molecule has 2 atom stereocenters. The largest absolute Gasteiger partial charge is 0.547 e. The van der Waals surface area contributed by atoms with Gasteiger partial charge in [-0.05, 0) is 44.4 Å². The zero-order valence-corrected chi connectivity index (χ0v) is 21.0. The summed E-state index contributed by atoms with van der Waals surface area (Å²) in [6.07, 6.45) is 2.61. The van der Waals surface area contributed by atoms with Gasteiger partial charge in [-0.15, -0.1) is 11.3 Å². The van der Waals surface area contributed by atoms with Gasteiger partial charge in [-0.3, -0.25) is 9.59 Å². The van der Waals surface area contributed by atoms with E-state index in [0.717, 1.165) is 30.6 Å². The Morgan fingerprint density at radius 2 is 2.16 bits per heavy atom. The summed E-state index contributed by atoms with van der Waals surface area (Å²) in [5.74, 6) is -3.26. The van der Waals surface area contributed by atoms with Crippen molar-refractivity contribution in [2.45, 2.75) is 44.6 Å². The van der Waals surface area contributed by atoms with Crippen molar-refractivity contribution in [1.82, 2.24) is 15.6 Å². The molecule has 2 aromatic rings. The SMILES string of the molecule is C[C@H](CCCCN)NC(=O)CO/N=C(\C(=O)N[C@H]1Cc2cccc(C(=O)O)c2OB1O)c1csc(N)n1. The van der Waals surface area contributed by atoms with E-state index in [2.05, 4.69) is 20.8 Å². The van der Waals surface area contributed by atoms with Gasteiger partial charge in [0.15, 0.2) is 17.5 Å². The zero-order valence-electron chi connectivity index (χ0n) is 20.2. The number of oxime groups is 1. The van der Waals surface area contributed by atoms with Crippen molar-refractivity contribution >= 4 is 47.1 Å². The molecule has 1 aromatic heterocycles. The smallest absolute Gasteiger partial charge is 0.534 e. The summed E-state index contributed by atoms with van der Waals surface area (Å²) in [7, 11) is -1.52. The van der Waals surface area contributed by atoms with Crippen molar-refractivity contribution in [3.8, 4) is 5.75 Å². The number of thiazole rings is 1. The predicted octanol–water partition coefficient (Wildman–Crippen LogP) is -0.0825. The highest BCUT2D eigenvalue weighted by Crippen LogP contribution is 2.30. The maximum atomic E-state index is 13.1. The standard InChI is InChI=1S/C22H29BN6O7S/c1-12(5-2-3-8-24)26-17(30)10-35-29-18(15-11-37-22(25)27-15)20(31)28-16-9-13-6-4-7-14(21(32)33)19(13)36-23(16)34/h4,6-7,11-12,16,34H,2-3,5,8-10,24H2,1H3,(H2,25,27)(H,26,30)(H,28,31)(H,32,33)/b29-18-/t12-,16+/m1/s1. The highest BCUT2D eigenvalue weighted by molar-refractivity contribution is 7.13.